The lowest BCUT2D eigenvalue weighted by Gasteiger charge is -2.27. The number of benzene rings is 1. The Kier molecular flexibility index (Phi) is 1.61. The first-order valence-electron chi connectivity index (χ1n) is 4.11. The topological polar surface area (TPSA) is 29.1 Å². The number of β-lactam (4-membered cyclic amide) rings is 1. The predicted molar refractivity (Wildman–Crippen MR) is 46.7 cm³/mol. The maximum absolute atomic E-state index is 10.6. The van der Waals surface area contributed by atoms with Crippen molar-refractivity contribution in [3.8, 4) is 0 Å². The van der Waals surface area contributed by atoms with Gasteiger partial charge in [0.1, 0.15) is 0 Å². The van der Waals surface area contributed by atoms with Crippen LogP contribution in [0.4, 0.5) is 0 Å². The molecular formula is C10H11NO. The first kappa shape index (κ1) is 7.35. The fraction of sp³-hybridized carbons (Fsp3) is 0.300. The van der Waals surface area contributed by atoms with Crippen molar-refractivity contribution in [2.45, 2.75) is 19.4 Å². The van der Waals surface area contributed by atoms with Gasteiger partial charge in [-0.1, -0.05) is 29.8 Å². The molecule has 2 heteroatoms. The van der Waals surface area contributed by atoms with Gasteiger partial charge in [0.2, 0.25) is 5.91 Å². The summed E-state index contributed by atoms with van der Waals surface area (Å²) in [4.78, 5) is 10.6. The Bertz CT molecular complexity index is 294. The minimum absolute atomic E-state index is 0.153. The van der Waals surface area contributed by atoms with Crippen LogP contribution in [0.25, 0.3) is 0 Å². The fourth-order valence-electron chi connectivity index (χ4n) is 1.36. The van der Waals surface area contributed by atoms with Gasteiger partial charge in [0.15, 0.2) is 0 Å². The molecule has 0 bridgehead atoms. The second-order valence-electron chi connectivity index (χ2n) is 3.23. The number of hydrogen-bond acceptors (Lipinski definition) is 1. The minimum atomic E-state index is 0.153. The van der Waals surface area contributed by atoms with Gasteiger partial charge in [-0.05, 0) is 12.5 Å². The van der Waals surface area contributed by atoms with E-state index in [0.29, 0.717) is 6.42 Å². The molecule has 1 aliphatic heterocycles. The summed E-state index contributed by atoms with van der Waals surface area (Å²) in [6.07, 6.45) is 0.642. The van der Waals surface area contributed by atoms with Crippen LogP contribution in [-0.2, 0) is 4.79 Å². The Balaban J connectivity index is 2.14. The van der Waals surface area contributed by atoms with E-state index in [1.807, 2.05) is 0 Å². The molecular weight excluding hydrogens is 150 g/mol. The summed E-state index contributed by atoms with van der Waals surface area (Å²) in [7, 11) is 0. The van der Waals surface area contributed by atoms with Crippen LogP contribution in [0, 0.1) is 6.92 Å². The number of amides is 1. The Morgan fingerprint density at radius 3 is 2.42 bits per heavy atom. The molecule has 1 atom stereocenters. The van der Waals surface area contributed by atoms with Crippen molar-refractivity contribution in [1.29, 1.82) is 0 Å². The standard InChI is InChI=1S/C10H11NO/c1-7-2-4-8(5-3-7)9-6-10(12)11-9/h2-5,9H,6H2,1H3,(H,11,12). The molecule has 1 aromatic carbocycles. The van der Waals surface area contributed by atoms with Gasteiger partial charge in [0, 0.05) is 0 Å². The Hall–Kier alpha value is -1.31. The van der Waals surface area contributed by atoms with Crippen LogP contribution in [0.2, 0.25) is 0 Å². The van der Waals surface area contributed by atoms with Crippen molar-refractivity contribution >= 4 is 5.91 Å². The summed E-state index contributed by atoms with van der Waals surface area (Å²) in [6.45, 7) is 2.06. The van der Waals surface area contributed by atoms with Crippen molar-refractivity contribution in [3.63, 3.8) is 0 Å². The van der Waals surface area contributed by atoms with Gasteiger partial charge in [-0.2, -0.15) is 0 Å². The largest absolute Gasteiger partial charge is 0.349 e. The van der Waals surface area contributed by atoms with E-state index >= 15 is 0 Å². The van der Waals surface area contributed by atoms with Gasteiger partial charge < -0.3 is 5.32 Å². The molecule has 1 unspecified atom stereocenters. The highest BCUT2D eigenvalue weighted by Gasteiger charge is 2.25. The average Bonchev–Trinajstić information content (AvgIpc) is 2.01. The Morgan fingerprint density at radius 1 is 1.33 bits per heavy atom. The van der Waals surface area contributed by atoms with E-state index in [4.69, 9.17) is 0 Å². The number of carbonyl (C=O) groups is 1. The van der Waals surface area contributed by atoms with Crippen molar-refractivity contribution < 1.29 is 4.79 Å². The van der Waals surface area contributed by atoms with Crippen molar-refractivity contribution in [3.05, 3.63) is 35.4 Å². The van der Waals surface area contributed by atoms with Crippen LogP contribution in [0.1, 0.15) is 23.6 Å². The average molecular weight is 161 g/mol. The van der Waals surface area contributed by atoms with Crippen molar-refractivity contribution in [2.75, 3.05) is 0 Å². The van der Waals surface area contributed by atoms with Gasteiger partial charge in [0.25, 0.3) is 0 Å². The van der Waals surface area contributed by atoms with E-state index in [0.717, 1.165) is 0 Å². The monoisotopic (exact) mass is 161 g/mol. The molecule has 1 aromatic rings. The highest BCUT2D eigenvalue weighted by atomic mass is 16.2. The zero-order valence-electron chi connectivity index (χ0n) is 7.00. The summed E-state index contributed by atoms with van der Waals surface area (Å²) >= 11 is 0. The first-order chi connectivity index (χ1) is 5.75. The third kappa shape index (κ3) is 1.20. The van der Waals surface area contributed by atoms with E-state index in [1.165, 1.54) is 11.1 Å². The lowest BCUT2D eigenvalue weighted by atomic mass is 9.97. The van der Waals surface area contributed by atoms with Crippen LogP contribution in [0.15, 0.2) is 24.3 Å². The molecule has 1 fully saturated rings. The lowest BCUT2D eigenvalue weighted by molar-refractivity contribution is -0.128. The quantitative estimate of drug-likeness (QED) is 0.622. The normalized spacial score (nSPS) is 21.4. The molecule has 0 spiro atoms. The Labute approximate surface area is 71.6 Å². The third-order valence-corrected chi connectivity index (χ3v) is 2.20. The molecule has 0 radical (unpaired) electrons. The zero-order chi connectivity index (χ0) is 8.55. The summed E-state index contributed by atoms with van der Waals surface area (Å²) in [5.74, 6) is 0.153. The molecule has 62 valence electrons. The molecule has 1 saturated heterocycles. The van der Waals surface area contributed by atoms with Crippen LogP contribution < -0.4 is 5.32 Å². The second kappa shape index (κ2) is 2.63. The first-order valence-corrected chi connectivity index (χ1v) is 4.11. The van der Waals surface area contributed by atoms with E-state index < -0.39 is 0 Å². The van der Waals surface area contributed by atoms with Crippen molar-refractivity contribution in [2.24, 2.45) is 0 Å². The summed E-state index contributed by atoms with van der Waals surface area (Å²) in [5.41, 5.74) is 2.46. The fourth-order valence-corrected chi connectivity index (χ4v) is 1.36. The van der Waals surface area contributed by atoms with Crippen molar-refractivity contribution in [1.82, 2.24) is 5.32 Å². The van der Waals surface area contributed by atoms with E-state index in [-0.39, 0.29) is 11.9 Å². The molecule has 2 rings (SSSR count). The maximum atomic E-state index is 10.6. The molecule has 0 saturated carbocycles. The van der Waals surface area contributed by atoms with Crippen LogP contribution in [-0.4, -0.2) is 5.91 Å². The van der Waals surface area contributed by atoms with E-state index in [2.05, 4.69) is 36.5 Å². The highest BCUT2D eigenvalue weighted by molar-refractivity contribution is 5.83. The van der Waals surface area contributed by atoms with Gasteiger partial charge in [-0.3, -0.25) is 4.79 Å². The molecule has 0 aliphatic carbocycles. The third-order valence-electron chi connectivity index (χ3n) is 2.20. The maximum Gasteiger partial charge on any atom is 0.222 e. The number of carbonyl (C=O) groups excluding carboxylic acids is 1. The Morgan fingerprint density at radius 2 is 1.92 bits per heavy atom. The molecule has 2 nitrogen and oxygen atoms in total. The van der Waals surface area contributed by atoms with E-state index in [9.17, 15) is 4.79 Å². The number of aryl methyl sites for hydroxylation is 1. The van der Waals surface area contributed by atoms with Crippen LogP contribution in [0.3, 0.4) is 0 Å². The SMILES string of the molecule is Cc1ccc(C2CC(=O)N2)cc1. The van der Waals surface area contributed by atoms with Gasteiger partial charge in [0.05, 0.1) is 12.5 Å². The molecule has 1 aliphatic rings. The lowest BCUT2D eigenvalue weighted by Crippen LogP contribution is -2.41. The van der Waals surface area contributed by atoms with Crippen LogP contribution >= 0.6 is 0 Å². The zero-order valence-corrected chi connectivity index (χ0v) is 7.00. The van der Waals surface area contributed by atoms with E-state index in [1.54, 1.807) is 0 Å². The predicted octanol–water partition coefficient (Wildman–Crippen LogP) is 1.56. The number of hydrogen-bond donors (Lipinski definition) is 1. The van der Waals surface area contributed by atoms with Gasteiger partial charge in [-0.25, -0.2) is 0 Å². The molecule has 1 amide bonds. The van der Waals surface area contributed by atoms with Gasteiger partial charge >= 0.3 is 0 Å². The highest BCUT2D eigenvalue weighted by Crippen LogP contribution is 2.23. The smallest absolute Gasteiger partial charge is 0.222 e. The number of rotatable bonds is 1. The molecule has 1 heterocycles. The van der Waals surface area contributed by atoms with Gasteiger partial charge in [-0.15, -0.1) is 0 Å². The summed E-state index contributed by atoms with van der Waals surface area (Å²) < 4.78 is 0. The molecule has 12 heavy (non-hydrogen) atoms. The summed E-state index contributed by atoms with van der Waals surface area (Å²) in [5, 5.41) is 2.84. The van der Waals surface area contributed by atoms with Crippen LogP contribution in [0.5, 0.6) is 0 Å². The second-order valence-corrected chi connectivity index (χ2v) is 3.23. The number of nitrogens with one attached hydrogen (secondary N) is 1. The molecule has 1 N–H and O–H groups in total. The molecule has 0 aromatic heterocycles. The minimum Gasteiger partial charge on any atom is -0.349 e. The summed E-state index contributed by atoms with van der Waals surface area (Å²) in [6, 6.07) is 8.54.